The topological polar surface area (TPSA) is 76.3 Å². The lowest BCUT2D eigenvalue weighted by molar-refractivity contribution is 0.0704. The van der Waals surface area contributed by atoms with Crippen LogP contribution in [0.25, 0.3) is 0 Å². The number of hydrogen-bond acceptors (Lipinski definition) is 4. The summed E-state index contributed by atoms with van der Waals surface area (Å²) < 4.78 is 17.2. The average Bonchev–Trinajstić information content (AvgIpc) is 3.27. The first-order valence-corrected chi connectivity index (χ1v) is 8.05. The third-order valence-corrected chi connectivity index (χ3v) is 4.35. The summed E-state index contributed by atoms with van der Waals surface area (Å²) in [6, 6.07) is 3.16. The number of carbonyl (C=O) groups is 2. The predicted octanol–water partition coefficient (Wildman–Crippen LogP) is 0.571. The second kappa shape index (κ2) is 6.66. The second-order valence-electron chi connectivity index (χ2n) is 6.47. The Hall–Kier alpha value is -2.71. The summed E-state index contributed by atoms with van der Waals surface area (Å²) in [7, 11) is 5.04. The first kappa shape index (κ1) is 17.1. The van der Waals surface area contributed by atoms with Gasteiger partial charge in [-0.3, -0.25) is 9.59 Å². The van der Waals surface area contributed by atoms with Crippen LogP contribution in [0.1, 0.15) is 27.4 Å². The third-order valence-electron chi connectivity index (χ3n) is 4.35. The van der Waals surface area contributed by atoms with Crippen molar-refractivity contribution in [3.63, 3.8) is 0 Å². The van der Waals surface area contributed by atoms with Crippen LogP contribution in [0.3, 0.4) is 0 Å². The van der Waals surface area contributed by atoms with E-state index in [1.807, 2.05) is 0 Å². The first-order valence-electron chi connectivity index (χ1n) is 8.05. The van der Waals surface area contributed by atoms with Crippen LogP contribution in [0.2, 0.25) is 0 Å². The van der Waals surface area contributed by atoms with Gasteiger partial charge in [-0.15, -0.1) is 5.10 Å². The van der Waals surface area contributed by atoms with Crippen molar-refractivity contribution in [2.75, 3.05) is 20.6 Å². The minimum absolute atomic E-state index is 0.0624. The minimum Gasteiger partial charge on any atom is -0.347 e. The molecular weight excluding hydrogens is 327 g/mol. The van der Waals surface area contributed by atoms with Gasteiger partial charge in [-0.05, 0) is 12.1 Å². The van der Waals surface area contributed by atoms with Crippen LogP contribution in [-0.4, -0.2) is 74.0 Å². The number of likely N-dealkylation sites (tertiary alicyclic amines) is 1. The van der Waals surface area contributed by atoms with Crippen LogP contribution < -0.4 is 0 Å². The van der Waals surface area contributed by atoms with Crippen LogP contribution in [-0.2, 0) is 13.6 Å². The van der Waals surface area contributed by atoms with Crippen molar-refractivity contribution in [3.8, 4) is 0 Å². The summed E-state index contributed by atoms with van der Waals surface area (Å²) in [6.07, 6.45) is 2.48. The Bertz CT molecular complexity index is 783. The molecular formula is C16H21FN6O2. The first-order chi connectivity index (χ1) is 11.9. The molecule has 134 valence electrons. The van der Waals surface area contributed by atoms with E-state index in [1.54, 1.807) is 44.0 Å². The fourth-order valence-corrected chi connectivity index (χ4v) is 3.04. The Kier molecular flexibility index (Phi) is 4.56. The van der Waals surface area contributed by atoms with Crippen LogP contribution in [0, 0.1) is 0 Å². The molecule has 3 heterocycles. The van der Waals surface area contributed by atoms with Crippen LogP contribution in [0.15, 0.2) is 24.5 Å². The van der Waals surface area contributed by atoms with Crippen molar-refractivity contribution in [2.24, 2.45) is 7.05 Å². The van der Waals surface area contributed by atoms with Gasteiger partial charge in [0.1, 0.15) is 11.9 Å². The lowest BCUT2D eigenvalue weighted by Gasteiger charge is -2.24. The number of nitrogens with zero attached hydrogens (tertiary/aromatic N) is 6. The molecule has 25 heavy (non-hydrogen) atoms. The van der Waals surface area contributed by atoms with Crippen LogP contribution in [0.5, 0.6) is 0 Å². The molecule has 0 unspecified atom stereocenters. The number of carbonyl (C=O) groups excluding carboxylic acids is 2. The predicted molar refractivity (Wildman–Crippen MR) is 87.8 cm³/mol. The molecule has 0 spiro atoms. The molecule has 2 amide bonds. The molecule has 1 saturated heterocycles. The number of halogens is 1. The maximum Gasteiger partial charge on any atom is 0.275 e. The van der Waals surface area contributed by atoms with E-state index in [2.05, 4.69) is 10.3 Å². The van der Waals surface area contributed by atoms with Gasteiger partial charge in [0, 0.05) is 33.8 Å². The van der Waals surface area contributed by atoms with Gasteiger partial charge in [-0.25, -0.2) is 9.07 Å². The summed E-state index contributed by atoms with van der Waals surface area (Å²) in [5.41, 5.74) is 0.737. The number of aromatic nitrogens is 4. The van der Waals surface area contributed by atoms with Crippen LogP contribution >= 0.6 is 0 Å². The van der Waals surface area contributed by atoms with Gasteiger partial charge in [0.15, 0.2) is 5.69 Å². The zero-order chi connectivity index (χ0) is 18.1. The van der Waals surface area contributed by atoms with Gasteiger partial charge in [-0.2, -0.15) is 0 Å². The highest BCUT2D eigenvalue weighted by Gasteiger charge is 2.37. The number of amides is 2. The molecule has 1 aliphatic heterocycles. The molecule has 8 nitrogen and oxygen atoms in total. The number of aryl methyl sites for hydroxylation is 1. The molecule has 0 radical (unpaired) electrons. The summed E-state index contributed by atoms with van der Waals surface area (Å²) >= 11 is 0. The molecule has 3 rings (SSSR count). The monoisotopic (exact) mass is 348 g/mol. The fourth-order valence-electron chi connectivity index (χ4n) is 3.04. The lowest BCUT2D eigenvalue weighted by atomic mass is 10.2. The van der Waals surface area contributed by atoms with Crippen molar-refractivity contribution in [2.45, 2.75) is 25.2 Å². The number of rotatable bonds is 4. The zero-order valence-electron chi connectivity index (χ0n) is 14.5. The number of hydrogen-bond donors (Lipinski definition) is 0. The molecule has 0 N–H and O–H groups in total. The van der Waals surface area contributed by atoms with Gasteiger partial charge in [0.25, 0.3) is 11.8 Å². The van der Waals surface area contributed by atoms with Crippen molar-refractivity contribution < 1.29 is 14.0 Å². The standard InChI is InChI=1S/C16H21FN6O2/c1-20(2)15(24)13-10-22(19-18-13)9-12-7-11(17)8-23(12)16(25)14-5-4-6-21(14)3/h4-6,10-12H,7-9H2,1-3H3/t11-,12-/m0/s1. The Labute approximate surface area is 144 Å². The third kappa shape index (κ3) is 3.40. The second-order valence-corrected chi connectivity index (χ2v) is 6.47. The highest BCUT2D eigenvalue weighted by atomic mass is 19.1. The summed E-state index contributed by atoms with van der Waals surface area (Å²) in [5, 5.41) is 7.79. The Morgan fingerprint density at radius 1 is 1.40 bits per heavy atom. The van der Waals surface area contributed by atoms with Crippen LogP contribution in [0.4, 0.5) is 4.39 Å². The zero-order valence-corrected chi connectivity index (χ0v) is 14.5. The minimum atomic E-state index is -1.07. The molecule has 9 heteroatoms. The largest absolute Gasteiger partial charge is 0.347 e. The summed E-state index contributed by atoms with van der Waals surface area (Å²) in [4.78, 5) is 27.6. The highest BCUT2D eigenvalue weighted by molar-refractivity contribution is 5.93. The Morgan fingerprint density at radius 3 is 2.80 bits per heavy atom. The average molecular weight is 348 g/mol. The normalized spacial score (nSPS) is 20.1. The molecule has 0 bridgehead atoms. The molecule has 0 saturated carbocycles. The maximum absolute atomic E-state index is 14.0. The van der Waals surface area contributed by atoms with Crippen molar-refractivity contribution in [1.29, 1.82) is 0 Å². The molecule has 1 fully saturated rings. The van der Waals surface area contributed by atoms with E-state index in [0.717, 1.165) is 0 Å². The van der Waals surface area contributed by atoms with E-state index in [9.17, 15) is 14.0 Å². The SMILES string of the molecule is CN(C)C(=O)c1cn(C[C@@H]2C[C@H](F)CN2C(=O)c2cccn2C)nn1. The Balaban J connectivity index is 1.75. The van der Waals surface area contributed by atoms with E-state index in [0.29, 0.717) is 12.2 Å². The molecule has 2 aromatic heterocycles. The van der Waals surface area contributed by atoms with E-state index in [1.165, 1.54) is 20.7 Å². The van der Waals surface area contributed by atoms with E-state index in [-0.39, 0.29) is 36.5 Å². The quantitative estimate of drug-likeness (QED) is 0.810. The summed E-state index contributed by atoms with van der Waals surface area (Å²) in [6.45, 7) is 0.358. The Morgan fingerprint density at radius 2 is 2.16 bits per heavy atom. The molecule has 0 aliphatic carbocycles. The highest BCUT2D eigenvalue weighted by Crippen LogP contribution is 2.24. The smallest absolute Gasteiger partial charge is 0.275 e. The molecule has 2 atom stereocenters. The number of alkyl halides is 1. The van der Waals surface area contributed by atoms with E-state index in [4.69, 9.17) is 0 Å². The van der Waals surface area contributed by atoms with Gasteiger partial charge in [0.2, 0.25) is 0 Å². The van der Waals surface area contributed by atoms with Gasteiger partial charge < -0.3 is 14.4 Å². The van der Waals surface area contributed by atoms with Gasteiger partial charge in [-0.1, -0.05) is 5.21 Å². The van der Waals surface area contributed by atoms with Crippen molar-refractivity contribution in [3.05, 3.63) is 35.9 Å². The molecule has 2 aromatic rings. The van der Waals surface area contributed by atoms with Gasteiger partial charge in [0.05, 0.1) is 25.3 Å². The lowest BCUT2D eigenvalue weighted by Crippen LogP contribution is -2.39. The van der Waals surface area contributed by atoms with Gasteiger partial charge >= 0.3 is 0 Å². The fraction of sp³-hybridized carbons (Fsp3) is 0.500. The molecule has 0 aromatic carbocycles. The summed E-state index contributed by atoms with van der Waals surface area (Å²) in [5.74, 6) is -0.458. The van der Waals surface area contributed by atoms with E-state index >= 15 is 0 Å². The van der Waals surface area contributed by atoms with E-state index < -0.39 is 6.17 Å². The van der Waals surface area contributed by atoms with Crippen molar-refractivity contribution >= 4 is 11.8 Å². The molecule has 1 aliphatic rings. The maximum atomic E-state index is 14.0. The van der Waals surface area contributed by atoms with Crippen molar-refractivity contribution in [1.82, 2.24) is 29.4 Å².